The number of halogens is 1. The summed E-state index contributed by atoms with van der Waals surface area (Å²) in [5.74, 6) is -1.74. The van der Waals surface area contributed by atoms with Crippen LogP contribution in [0.2, 0.25) is 0 Å². The SMILES string of the molecule is CC(CC(=O)c1cc2cc(Br)c(O)cc2s1)C(=O)O. The molecule has 0 fully saturated rings. The number of ketones is 1. The van der Waals surface area contributed by atoms with Gasteiger partial charge in [0.05, 0.1) is 15.3 Å². The number of fused-ring (bicyclic) bond motifs is 1. The Morgan fingerprint density at radius 1 is 1.37 bits per heavy atom. The Hall–Kier alpha value is -1.40. The van der Waals surface area contributed by atoms with Crippen molar-refractivity contribution in [2.45, 2.75) is 13.3 Å². The highest BCUT2D eigenvalue weighted by molar-refractivity contribution is 9.10. The van der Waals surface area contributed by atoms with Gasteiger partial charge in [-0.2, -0.15) is 0 Å². The molecule has 0 spiro atoms. The smallest absolute Gasteiger partial charge is 0.306 e. The van der Waals surface area contributed by atoms with Crippen molar-refractivity contribution < 1.29 is 19.8 Å². The maximum atomic E-state index is 12.0. The molecule has 0 saturated carbocycles. The van der Waals surface area contributed by atoms with E-state index in [-0.39, 0.29) is 18.0 Å². The second-order valence-electron chi connectivity index (χ2n) is 4.32. The highest BCUT2D eigenvalue weighted by atomic mass is 79.9. The molecular formula is C13H11BrO4S. The molecule has 100 valence electrons. The van der Waals surface area contributed by atoms with E-state index in [2.05, 4.69) is 15.9 Å². The van der Waals surface area contributed by atoms with Crippen molar-refractivity contribution in [2.75, 3.05) is 0 Å². The van der Waals surface area contributed by atoms with Gasteiger partial charge in [-0.1, -0.05) is 6.92 Å². The summed E-state index contributed by atoms with van der Waals surface area (Å²) < 4.78 is 1.36. The lowest BCUT2D eigenvalue weighted by Gasteiger charge is -2.02. The summed E-state index contributed by atoms with van der Waals surface area (Å²) in [6, 6.07) is 5.04. The lowest BCUT2D eigenvalue weighted by molar-refractivity contribution is -0.141. The summed E-state index contributed by atoms with van der Waals surface area (Å²) in [6.45, 7) is 1.51. The lowest BCUT2D eigenvalue weighted by Crippen LogP contribution is -2.13. The first-order valence-corrected chi connectivity index (χ1v) is 7.17. The molecular weight excluding hydrogens is 332 g/mol. The van der Waals surface area contributed by atoms with E-state index in [9.17, 15) is 14.7 Å². The quantitative estimate of drug-likeness (QED) is 0.831. The number of carbonyl (C=O) groups is 2. The molecule has 0 amide bonds. The van der Waals surface area contributed by atoms with Gasteiger partial charge in [0.15, 0.2) is 5.78 Å². The van der Waals surface area contributed by atoms with E-state index < -0.39 is 11.9 Å². The Balaban J connectivity index is 2.31. The van der Waals surface area contributed by atoms with Crippen molar-refractivity contribution in [1.82, 2.24) is 0 Å². The first kappa shape index (κ1) is 14.0. The zero-order valence-corrected chi connectivity index (χ0v) is 12.4. The van der Waals surface area contributed by atoms with Gasteiger partial charge in [-0.25, -0.2) is 0 Å². The normalized spacial score (nSPS) is 12.5. The fourth-order valence-corrected chi connectivity index (χ4v) is 3.04. The zero-order valence-electron chi connectivity index (χ0n) is 10.0. The molecule has 1 aromatic heterocycles. The van der Waals surface area contributed by atoms with Crippen LogP contribution >= 0.6 is 27.3 Å². The number of rotatable bonds is 4. The van der Waals surface area contributed by atoms with Gasteiger partial charge in [0, 0.05) is 11.1 Å². The van der Waals surface area contributed by atoms with Crippen LogP contribution in [-0.4, -0.2) is 22.0 Å². The second kappa shape index (κ2) is 5.30. The highest BCUT2D eigenvalue weighted by Gasteiger charge is 2.19. The minimum Gasteiger partial charge on any atom is -0.507 e. The van der Waals surface area contributed by atoms with Crippen molar-refractivity contribution >= 4 is 49.1 Å². The van der Waals surface area contributed by atoms with Crippen molar-refractivity contribution in [3.05, 3.63) is 27.5 Å². The molecule has 0 aliphatic rings. The third kappa shape index (κ3) is 2.96. The molecule has 1 heterocycles. The number of phenolic OH excluding ortho intramolecular Hbond substituents is 1. The van der Waals surface area contributed by atoms with E-state index in [0.29, 0.717) is 9.35 Å². The Bertz CT molecular complexity index is 623. The molecule has 6 heteroatoms. The number of phenols is 1. The molecule has 0 saturated heterocycles. The standard InChI is InChI=1S/C13H11BrO4S/c1-6(13(17)18)2-10(16)12-4-7-3-8(14)9(15)5-11(7)19-12/h3-6,15H,2H2,1H3,(H,17,18). The van der Waals surface area contributed by atoms with E-state index in [1.807, 2.05) is 0 Å². The summed E-state index contributed by atoms with van der Waals surface area (Å²) >= 11 is 4.47. The largest absolute Gasteiger partial charge is 0.507 e. The van der Waals surface area contributed by atoms with Crippen LogP contribution in [0.15, 0.2) is 22.7 Å². The molecule has 0 aliphatic carbocycles. The van der Waals surface area contributed by atoms with Gasteiger partial charge in [0.1, 0.15) is 5.75 Å². The lowest BCUT2D eigenvalue weighted by atomic mass is 10.0. The van der Waals surface area contributed by atoms with Gasteiger partial charge in [0.25, 0.3) is 0 Å². The summed E-state index contributed by atoms with van der Waals surface area (Å²) in [4.78, 5) is 23.2. The van der Waals surface area contributed by atoms with Crippen LogP contribution in [0.3, 0.4) is 0 Å². The minimum absolute atomic E-state index is 0.0185. The van der Waals surface area contributed by atoms with E-state index in [1.165, 1.54) is 18.3 Å². The highest BCUT2D eigenvalue weighted by Crippen LogP contribution is 2.34. The van der Waals surface area contributed by atoms with Crippen LogP contribution in [0.5, 0.6) is 5.75 Å². The van der Waals surface area contributed by atoms with Crippen molar-refractivity contribution in [2.24, 2.45) is 5.92 Å². The van der Waals surface area contributed by atoms with E-state index >= 15 is 0 Å². The summed E-state index contributed by atoms with van der Waals surface area (Å²) in [7, 11) is 0. The maximum absolute atomic E-state index is 12.0. The molecule has 1 aromatic carbocycles. The number of aliphatic carboxylic acids is 1. The number of thiophene rings is 1. The number of aromatic hydroxyl groups is 1. The van der Waals surface area contributed by atoms with Crippen LogP contribution in [0, 0.1) is 5.92 Å². The fourth-order valence-electron chi connectivity index (χ4n) is 1.65. The van der Waals surface area contributed by atoms with E-state index in [1.54, 1.807) is 18.2 Å². The predicted octanol–water partition coefficient (Wildman–Crippen LogP) is 3.66. The Kier molecular flexibility index (Phi) is 3.91. The molecule has 0 bridgehead atoms. The first-order valence-electron chi connectivity index (χ1n) is 5.56. The van der Waals surface area contributed by atoms with Crippen molar-refractivity contribution in [3.63, 3.8) is 0 Å². The van der Waals surface area contributed by atoms with Crippen LogP contribution < -0.4 is 0 Å². The number of benzene rings is 1. The van der Waals surface area contributed by atoms with E-state index in [0.717, 1.165) is 10.1 Å². The number of carboxylic acid groups (broad SMARTS) is 1. The molecule has 1 atom stereocenters. The molecule has 2 N–H and O–H groups in total. The Morgan fingerprint density at radius 3 is 2.68 bits per heavy atom. The number of carbonyl (C=O) groups excluding carboxylic acids is 1. The van der Waals surface area contributed by atoms with Gasteiger partial charge in [0.2, 0.25) is 0 Å². The topological polar surface area (TPSA) is 74.6 Å². The summed E-state index contributed by atoms with van der Waals surface area (Å²) in [5.41, 5.74) is 0. The van der Waals surface area contributed by atoms with Crippen LogP contribution in [0.4, 0.5) is 0 Å². The van der Waals surface area contributed by atoms with Gasteiger partial charge in [-0.3, -0.25) is 9.59 Å². The van der Waals surface area contributed by atoms with Gasteiger partial charge < -0.3 is 10.2 Å². The number of carboxylic acids is 1. The zero-order chi connectivity index (χ0) is 14.2. The molecule has 0 aliphatic heterocycles. The first-order chi connectivity index (χ1) is 8.88. The Morgan fingerprint density at radius 2 is 2.05 bits per heavy atom. The van der Waals surface area contributed by atoms with Crippen molar-refractivity contribution in [3.8, 4) is 5.75 Å². The summed E-state index contributed by atoms with van der Waals surface area (Å²) in [5, 5.41) is 19.2. The minimum atomic E-state index is -0.977. The Labute approximate surface area is 121 Å². The monoisotopic (exact) mass is 342 g/mol. The second-order valence-corrected chi connectivity index (χ2v) is 6.26. The predicted molar refractivity (Wildman–Crippen MR) is 76.9 cm³/mol. The average molecular weight is 343 g/mol. The molecule has 2 aromatic rings. The van der Waals surface area contributed by atoms with Gasteiger partial charge >= 0.3 is 5.97 Å². The number of hydrogen-bond donors (Lipinski definition) is 2. The van der Waals surface area contributed by atoms with Gasteiger partial charge in [-0.05, 0) is 39.5 Å². The average Bonchev–Trinajstić information content (AvgIpc) is 2.72. The van der Waals surface area contributed by atoms with E-state index in [4.69, 9.17) is 5.11 Å². The molecule has 2 rings (SSSR count). The molecule has 19 heavy (non-hydrogen) atoms. The third-order valence-electron chi connectivity index (χ3n) is 2.77. The van der Waals surface area contributed by atoms with Gasteiger partial charge in [-0.15, -0.1) is 11.3 Å². The molecule has 1 unspecified atom stereocenters. The fraction of sp³-hybridized carbons (Fsp3) is 0.231. The number of Topliss-reactive ketones (excluding diaryl/α,β-unsaturated/α-hetero) is 1. The molecule has 4 nitrogen and oxygen atoms in total. The third-order valence-corrected chi connectivity index (χ3v) is 4.55. The van der Waals surface area contributed by atoms with Crippen LogP contribution in [0.1, 0.15) is 23.0 Å². The van der Waals surface area contributed by atoms with Crippen LogP contribution in [-0.2, 0) is 4.79 Å². The molecule has 0 radical (unpaired) electrons. The van der Waals surface area contributed by atoms with Crippen molar-refractivity contribution in [1.29, 1.82) is 0 Å². The number of hydrogen-bond acceptors (Lipinski definition) is 4. The maximum Gasteiger partial charge on any atom is 0.306 e. The van der Waals surface area contributed by atoms with Crippen LogP contribution in [0.25, 0.3) is 10.1 Å². The summed E-state index contributed by atoms with van der Waals surface area (Å²) in [6.07, 6.45) is -0.0185.